The monoisotopic (exact) mass is 194 g/mol. The molecule has 0 atom stereocenters. The summed E-state index contributed by atoms with van der Waals surface area (Å²) in [7, 11) is 0. The van der Waals surface area contributed by atoms with Gasteiger partial charge in [0.05, 0.1) is 0 Å². The molecule has 70 valence electrons. The lowest BCUT2D eigenvalue weighted by molar-refractivity contribution is 0.718. The summed E-state index contributed by atoms with van der Waals surface area (Å²) in [5, 5.41) is 0.882. The molecule has 0 amide bonds. The molecule has 1 aliphatic rings. The fraction of sp³-hybridized carbons (Fsp3) is 0.500. The van der Waals surface area contributed by atoms with Gasteiger partial charge < -0.3 is 0 Å². The van der Waals surface area contributed by atoms with Crippen molar-refractivity contribution < 1.29 is 0 Å². The zero-order chi connectivity index (χ0) is 9.26. The van der Waals surface area contributed by atoms with E-state index in [0.717, 1.165) is 10.9 Å². The van der Waals surface area contributed by atoms with Crippen LogP contribution >= 0.6 is 11.6 Å². The Hall–Kier alpha value is -0.490. The molecular formula is C12H15Cl. The van der Waals surface area contributed by atoms with Gasteiger partial charge in [-0.25, -0.2) is 0 Å². The number of rotatable bonds is 1. The van der Waals surface area contributed by atoms with E-state index in [4.69, 9.17) is 11.6 Å². The second-order valence-electron chi connectivity index (χ2n) is 3.98. The summed E-state index contributed by atoms with van der Waals surface area (Å²) in [4.78, 5) is 0. The van der Waals surface area contributed by atoms with E-state index in [1.165, 1.54) is 36.8 Å². The van der Waals surface area contributed by atoms with Gasteiger partial charge >= 0.3 is 0 Å². The van der Waals surface area contributed by atoms with Crippen molar-refractivity contribution in [2.24, 2.45) is 0 Å². The van der Waals surface area contributed by atoms with Crippen LogP contribution in [0.15, 0.2) is 18.2 Å². The first-order valence-corrected chi connectivity index (χ1v) is 5.41. The molecule has 0 spiro atoms. The number of benzene rings is 1. The second kappa shape index (κ2) is 3.71. The lowest BCUT2D eigenvalue weighted by Gasteiger charge is -2.12. The van der Waals surface area contributed by atoms with Crippen LogP contribution in [0.25, 0.3) is 0 Å². The molecule has 0 nitrogen and oxygen atoms in total. The quantitative estimate of drug-likeness (QED) is 0.625. The minimum Gasteiger partial charge on any atom is -0.0843 e. The highest BCUT2D eigenvalue weighted by Gasteiger charge is 2.18. The zero-order valence-corrected chi connectivity index (χ0v) is 8.77. The molecule has 0 saturated heterocycles. The maximum atomic E-state index is 6.00. The molecule has 1 heteroatoms. The van der Waals surface area contributed by atoms with Crippen LogP contribution in [0.4, 0.5) is 0 Å². The van der Waals surface area contributed by atoms with Crippen molar-refractivity contribution in [1.82, 2.24) is 0 Å². The smallest absolute Gasteiger partial charge is 0.0409 e. The number of aryl methyl sites for hydroxylation is 1. The summed E-state index contributed by atoms with van der Waals surface area (Å²) in [5.74, 6) is 0.777. The van der Waals surface area contributed by atoms with Crippen molar-refractivity contribution in [3.63, 3.8) is 0 Å². The van der Waals surface area contributed by atoms with Crippen LogP contribution in [0, 0.1) is 6.92 Å². The molecular weight excluding hydrogens is 180 g/mol. The van der Waals surface area contributed by atoms with E-state index in [9.17, 15) is 0 Å². The third-order valence-corrected chi connectivity index (χ3v) is 3.27. The van der Waals surface area contributed by atoms with Crippen LogP contribution in [-0.2, 0) is 0 Å². The lowest BCUT2D eigenvalue weighted by Crippen LogP contribution is -1.95. The van der Waals surface area contributed by atoms with Gasteiger partial charge in [0.25, 0.3) is 0 Å². The molecule has 1 aromatic rings. The van der Waals surface area contributed by atoms with E-state index in [1.807, 2.05) is 6.07 Å². The van der Waals surface area contributed by atoms with Gasteiger partial charge in [0, 0.05) is 5.02 Å². The van der Waals surface area contributed by atoms with Gasteiger partial charge in [-0.1, -0.05) is 30.5 Å². The molecule has 0 radical (unpaired) electrons. The maximum Gasteiger partial charge on any atom is 0.0409 e. The summed E-state index contributed by atoms with van der Waals surface area (Å²) in [6.45, 7) is 2.18. The van der Waals surface area contributed by atoms with E-state index in [-0.39, 0.29) is 0 Å². The molecule has 1 fully saturated rings. The third kappa shape index (κ3) is 1.88. The number of halogens is 1. The molecule has 0 bridgehead atoms. The molecule has 0 unspecified atom stereocenters. The summed E-state index contributed by atoms with van der Waals surface area (Å²) in [6, 6.07) is 6.26. The van der Waals surface area contributed by atoms with Crippen LogP contribution in [-0.4, -0.2) is 0 Å². The van der Waals surface area contributed by atoms with E-state index in [1.54, 1.807) is 0 Å². The average molecular weight is 195 g/mol. The summed E-state index contributed by atoms with van der Waals surface area (Å²) < 4.78 is 0. The highest BCUT2D eigenvalue weighted by atomic mass is 35.5. The van der Waals surface area contributed by atoms with Crippen molar-refractivity contribution in [2.45, 2.75) is 38.5 Å². The normalized spacial score (nSPS) is 18.0. The minimum absolute atomic E-state index is 0.777. The van der Waals surface area contributed by atoms with Gasteiger partial charge in [0.2, 0.25) is 0 Å². The highest BCUT2D eigenvalue weighted by Crippen LogP contribution is 2.36. The Balaban J connectivity index is 2.32. The summed E-state index contributed by atoms with van der Waals surface area (Å²) in [5.41, 5.74) is 2.88. The van der Waals surface area contributed by atoms with E-state index in [0.29, 0.717) is 0 Å². The topological polar surface area (TPSA) is 0 Å². The average Bonchev–Trinajstić information content (AvgIpc) is 2.61. The van der Waals surface area contributed by atoms with Crippen molar-refractivity contribution >= 4 is 11.6 Å². The van der Waals surface area contributed by atoms with Gasteiger partial charge in [0.1, 0.15) is 0 Å². The third-order valence-electron chi connectivity index (χ3n) is 3.04. The Labute approximate surface area is 84.9 Å². The van der Waals surface area contributed by atoms with Gasteiger partial charge in [0.15, 0.2) is 0 Å². The molecule has 0 N–H and O–H groups in total. The highest BCUT2D eigenvalue weighted by molar-refractivity contribution is 6.30. The van der Waals surface area contributed by atoms with E-state index >= 15 is 0 Å². The van der Waals surface area contributed by atoms with Crippen LogP contribution in [0.5, 0.6) is 0 Å². The Morgan fingerprint density at radius 2 is 1.92 bits per heavy atom. The van der Waals surface area contributed by atoms with Gasteiger partial charge in [-0.15, -0.1) is 0 Å². The molecule has 0 aliphatic heterocycles. The summed E-state index contributed by atoms with van der Waals surface area (Å²) in [6.07, 6.45) is 5.47. The van der Waals surface area contributed by atoms with Crippen molar-refractivity contribution in [2.75, 3.05) is 0 Å². The first-order chi connectivity index (χ1) is 6.27. The molecule has 2 rings (SSSR count). The number of hydrogen-bond acceptors (Lipinski definition) is 0. The van der Waals surface area contributed by atoms with Crippen molar-refractivity contribution in [1.29, 1.82) is 0 Å². The summed E-state index contributed by atoms with van der Waals surface area (Å²) >= 11 is 6.00. The minimum atomic E-state index is 0.777. The molecule has 0 aromatic heterocycles. The van der Waals surface area contributed by atoms with E-state index < -0.39 is 0 Å². The molecule has 1 aromatic carbocycles. The largest absolute Gasteiger partial charge is 0.0843 e. The van der Waals surface area contributed by atoms with Gasteiger partial charge in [-0.2, -0.15) is 0 Å². The Morgan fingerprint density at radius 1 is 1.23 bits per heavy atom. The molecule has 1 saturated carbocycles. The Bertz CT molecular complexity index is 298. The van der Waals surface area contributed by atoms with Gasteiger partial charge in [-0.3, -0.25) is 0 Å². The first kappa shape index (κ1) is 9.08. The maximum absolute atomic E-state index is 6.00. The molecule has 0 heterocycles. The predicted molar refractivity (Wildman–Crippen MR) is 57.4 cm³/mol. The fourth-order valence-electron chi connectivity index (χ4n) is 2.29. The molecule has 1 aliphatic carbocycles. The Kier molecular flexibility index (Phi) is 2.59. The van der Waals surface area contributed by atoms with Crippen molar-refractivity contribution in [3.8, 4) is 0 Å². The standard InChI is InChI=1S/C12H15Cl/c1-9-6-7-11(13)8-12(9)10-4-2-3-5-10/h6-8,10H,2-5H2,1H3. The van der Waals surface area contributed by atoms with Crippen LogP contribution < -0.4 is 0 Å². The van der Waals surface area contributed by atoms with Crippen molar-refractivity contribution in [3.05, 3.63) is 34.3 Å². The fourth-order valence-corrected chi connectivity index (χ4v) is 2.47. The Morgan fingerprint density at radius 3 is 2.62 bits per heavy atom. The molecule has 13 heavy (non-hydrogen) atoms. The lowest BCUT2D eigenvalue weighted by atomic mass is 9.94. The van der Waals surface area contributed by atoms with Crippen LogP contribution in [0.1, 0.15) is 42.7 Å². The predicted octanol–water partition coefficient (Wildman–Crippen LogP) is 4.31. The van der Waals surface area contributed by atoms with E-state index in [2.05, 4.69) is 19.1 Å². The van der Waals surface area contributed by atoms with Crippen LogP contribution in [0.3, 0.4) is 0 Å². The van der Waals surface area contributed by atoms with Gasteiger partial charge in [-0.05, 0) is 48.9 Å². The van der Waals surface area contributed by atoms with Crippen LogP contribution in [0.2, 0.25) is 5.02 Å². The first-order valence-electron chi connectivity index (χ1n) is 5.03. The second-order valence-corrected chi connectivity index (χ2v) is 4.42. The number of hydrogen-bond donors (Lipinski definition) is 0. The zero-order valence-electron chi connectivity index (χ0n) is 8.02. The SMILES string of the molecule is Cc1ccc(Cl)cc1C1CCCC1.